The minimum absolute atomic E-state index is 0.132. The number of thioether (sulfide) groups is 1. The first kappa shape index (κ1) is 12.5. The van der Waals surface area contributed by atoms with Crippen LogP contribution >= 0.6 is 11.8 Å². The maximum atomic E-state index is 11.2. The van der Waals surface area contributed by atoms with Gasteiger partial charge in [-0.2, -0.15) is 11.8 Å². The zero-order valence-electron chi connectivity index (χ0n) is 8.33. The second-order valence-corrected chi connectivity index (χ2v) is 4.14. The Morgan fingerprint density at radius 3 is 2.46 bits per heavy atom. The van der Waals surface area contributed by atoms with Crippen LogP contribution in [0.3, 0.4) is 0 Å². The van der Waals surface area contributed by atoms with Crippen molar-refractivity contribution in [3.8, 4) is 0 Å². The fourth-order valence-electron chi connectivity index (χ4n) is 0.850. The van der Waals surface area contributed by atoms with E-state index in [4.69, 9.17) is 0 Å². The molecule has 0 saturated heterocycles. The summed E-state index contributed by atoms with van der Waals surface area (Å²) in [5.41, 5.74) is 0. The van der Waals surface area contributed by atoms with Crippen molar-refractivity contribution in [1.82, 2.24) is 0 Å². The first-order valence-corrected chi connectivity index (χ1v) is 5.50. The molecule has 0 heterocycles. The molecule has 0 saturated carbocycles. The van der Waals surface area contributed by atoms with Crippen molar-refractivity contribution in [2.75, 3.05) is 13.4 Å². The lowest BCUT2D eigenvalue weighted by Gasteiger charge is -2.05. The molecule has 0 aromatic rings. The molecule has 0 aromatic heterocycles. The Morgan fingerprint density at radius 1 is 1.38 bits per heavy atom. The van der Waals surface area contributed by atoms with Gasteiger partial charge in [0, 0.05) is 18.1 Å². The van der Waals surface area contributed by atoms with Crippen molar-refractivity contribution in [1.29, 1.82) is 0 Å². The molecule has 0 amide bonds. The minimum Gasteiger partial charge on any atom is -0.469 e. The van der Waals surface area contributed by atoms with Crippen LogP contribution in [0, 0.1) is 0 Å². The quantitative estimate of drug-likeness (QED) is 0.617. The second-order valence-electron chi connectivity index (χ2n) is 2.87. The van der Waals surface area contributed by atoms with Crippen LogP contribution in [-0.2, 0) is 14.3 Å². The molecule has 0 N–H and O–H groups in total. The Hall–Kier alpha value is -0.510. The van der Waals surface area contributed by atoms with Crippen LogP contribution in [0.1, 0.15) is 26.2 Å². The number of hydrogen-bond acceptors (Lipinski definition) is 4. The van der Waals surface area contributed by atoms with Gasteiger partial charge in [0.2, 0.25) is 0 Å². The molecular formula is C9H16O3S. The minimum atomic E-state index is -0.315. The highest BCUT2D eigenvalue weighted by atomic mass is 32.2. The van der Waals surface area contributed by atoms with Gasteiger partial charge >= 0.3 is 5.97 Å². The maximum Gasteiger partial charge on any atom is 0.305 e. The first-order chi connectivity index (χ1) is 6.10. The summed E-state index contributed by atoms with van der Waals surface area (Å²) in [6.45, 7) is 2.00. The van der Waals surface area contributed by atoms with Gasteiger partial charge in [-0.25, -0.2) is 0 Å². The Morgan fingerprint density at radius 2 is 2.00 bits per heavy atom. The van der Waals surface area contributed by atoms with E-state index in [-0.39, 0.29) is 18.2 Å². The highest BCUT2D eigenvalue weighted by Gasteiger charge is 2.10. The van der Waals surface area contributed by atoms with Gasteiger partial charge in [0.1, 0.15) is 5.78 Å². The van der Waals surface area contributed by atoms with E-state index in [1.54, 1.807) is 11.8 Å². The number of hydrogen-bond donors (Lipinski definition) is 0. The molecule has 0 aliphatic rings. The van der Waals surface area contributed by atoms with E-state index in [9.17, 15) is 9.59 Å². The Labute approximate surface area is 83.2 Å². The molecule has 0 aromatic carbocycles. The molecule has 0 spiro atoms. The average Bonchev–Trinajstić information content (AvgIpc) is 2.13. The zero-order chi connectivity index (χ0) is 10.3. The molecule has 3 nitrogen and oxygen atoms in total. The van der Waals surface area contributed by atoms with Crippen LogP contribution < -0.4 is 0 Å². The standard InChI is InChI=1S/C9H16O3S/c1-7(13-3)6-8(10)4-5-9(11)12-2/h7H,4-6H2,1-3H3. The third-order valence-corrected chi connectivity index (χ3v) is 2.72. The molecule has 13 heavy (non-hydrogen) atoms. The molecule has 0 rings (SSSR count). The Balaban J connectivity index is 3.57. The van der Waals surface area contributed by atoms with E-state index >= 15 is 0 Å². The number of ketones is 1. The Bertz CT molecular complexity index is 180. The summed E-state index contributed by atoms with van der Waals surface area (Å²) in [6.07, 6.45) is 3.02. The van der Waals surface area contributed by atoms with E-state index in [0.717, 1.165) is 0 Å². The van der Waals surface area contributed by atoms with Crippen molar-refractivity contribution in [3.63, 3.8) is 0 Å². The van der Waals surface area contributed by atoms with Crippen molar-refractivity contribution < 1.29 is 14.3 Å². The van der Waals surface area contributed by atoms with Gasteiger partial charge in [-0.15, -0.1) is 0 Å². The van der Waals surface area contributed by atoms with Gasteiger partial charge in [0.25, 0.3) is 0 Å². The van der Waals surface area contributed by atoms with E-state index < -0.39 is 0 Å². The molecule has 0 bridgehead atoms. The summed E-state index contributed by atoms with van der Waals surface area (Å²) in [6, 6.07) is 0. The molecule has 1 atom stereocenters. The van der Waals surface area contributed by atoms with Crippen LogP contribution in [0.25, 0.3) is 0 Å². The normalized spacial score (nSPS) is 12.2. The first-order valence-electron chi connectivity index (χ1n) is 4.21. The van der Waals surface area contributed by atoms with E-state index in [1.807, 2.05) is 13.2 Å². The molecule has 0 fully saturated rings. The van der Waals surface area contributed by atoms with Crippen molar-refractivity contribution in [3.05, 3.63) is 0 Å². The van der Waals surface area contributed by atoms with Gasteiger partial charge in [0.05, 0.1) is 13.5 Å². The number of carbonyl (C=O) groups is 2. The van der Waals surface area contributed by atoms with Crippen LogP contribution in [0.2, 0.25) is 0 Å². The summed E-state index contributed by atoms with van der Waals surface area (Å²) in [5, 5.41) is 0.338. The van der Waals surface area contributed by atoms with E-state index in [2.05, 4.69) is 4.74 Å². The number of rotatable bonds is 6. The molecule has 1 unspecified atom stereocenters. The molecule has 4 heteroatoms. The predicted molar refractivity (Wildman–Crippen MR) is 53.9 cm³/mol. The number of methoxy groups -OCH3 is 1. The molecule has 76 valence electrons. The van der Waals surface area contributed by atoms with Crippen LogP contribution in [0.5, 0.6) is 0 Å². The van der Waals surface area contributed by atoms with E-state index in [1.165, 1.54) is 7.11 Å². The fraction of sp³-hybridized carbons (Fsp3) is 0.778. The number of carbonyl (C=O) groups excluding carboxylic acids is 2. The SMILES string of the molecule is COC(=O)CCC(=O)CC(C)SC. The summed E-state index contributed by atoms with van der Waals surface area (Å²) >= 11 is 1.66. The van der Waals surface area contributed by atoms with Gasteiger partial charge in [-0.3, -0.25) is 9.59 Å². The highest BCUT2D eigenvalue weighted by Crippen LogP contribution is 2.11. The third-order valence-electron chi connectivity index (χ3n) is 1.75. The van der Waals surface area contributed by atoms with Crippen molar-refractivity contribution in [2.45, 2.75) is 31.4 Å². The average molecular weight is 204 g/mol. The van der Waals surface area contributed by atoms with Crippen LogP contribution in [0.15, 0.2) is 0 Å². The smallest absolute Gasteiger partial charge is 0.305 e. The molecule has 0 aliphatic heterocycles. The fourth-order valence-corrected chi connectivity index (χ4v) is 1.20. The molecule has 0 radical (unpaired) electrons. The summed E-state index contributed by atoms with van der Waals surface area (Å²) in [7, 11) is 1.33. The number of ether oxygens (including phenoxy) is 1. The van der Waals surface area contributed by atoms with Gasteiger partial charge in [-0.05, 0) is 6.26 Å². The van der Waals surface area contributed by atoms with Crippen LogP contribution in [-0.4, -0.2) is 30.4 Å². The second kappa shape index (κ2) is 6.95. The lowest BCUT2D eigenvalue weighted by molar-refractivity contribution is -0.141. The molecular weight excluding hydrogens is 188 g/mol. The highest BCUT2D eigenvalue weighted by molar-refractivity contribution is 7.99. The molecule has 0 aliphatic carbocycles. The number of Topliss-reactive ketones (excluding diaryl/α,β-unsaturated/α-hetero) is 1. The zero-order valence-corrected chi connectivity index (χ0v) is 9.15. The lowest BCUT2D eigenvalue weighted by Crippen LogP contribution is -2.09. The maximum absolute atomic E-state index is 11.2. The van der Waals surface area contributed by atoms with Crippen molar-refractivity contribution >= 4 is 23.5 Å². The summed E-state index contributed by atoms with van der Waals surface area (Å²) < 4.78 is 4.44. The summed E-state index contributed by atoms with van der Waals surface area (Å²) in [5.74, 6) is -0.183. The topological polar surface area (TPSA) is 43.4 Å². The van der Waals surface area contributed by atoms with E-state index in [0.29, 0.717) is 18.1 Å². The summed E-state index contributed by atoms with van der Waals surface area (Å²) in [4.78, 5) is 21.9. The monoisotopic (exact) mass is 204 g/mol. The van der Waals surface area contributed by atoms with Gasteiger partial charge in [-0.1, -0.05) is 6.92 Å². The lowest BCUT2D eigenvalue weighted by atomic mass is 10.1. The van der Waals surface area contributed by atoms with Crippen molar-refractivity contribution in [2.24, 2.45) is 0 Å². The Kier molecular flexibility index (Phi) is 6.68. The predicted octanol–water partition coefficient (Wildman–Crippen LogP) is 1.65. The third kappa shape index (κ3) is 6.63. The van der Waals surface area contributed by atoms with Gasteiger partial charge < -0.3 is 4.74 Å². The number of esters is 1. The van der Waals surface area contributed by atoms with Gasteiger partial charge in [0.15, 0.2) is 0 Å². The largest absolute Gasteiger partial charge is 0.469 e. The van der Waals surface area contributed by atoms with Crippen LogP contribution in [0.4, 0.5) is 0 Å².